The van der Waals surface area contributed by atoms with Crippen LogP contribution in [-0.4, -0.2) is 34.0 Å². The summed E-state index contributed by atoms with van der Waals surface area (Å²) in [6.07, 6.45) is 9.68. The van der Waals surface area contributed by atoms with E-state index >= 15 is 4.39 Å². The van der Waals surface area contributed by atoms with Gasteiger partial charge in [-0.3, -0.25) is 14.6 Å². The molecule has 0 aliphatic carbocycles. The quantitative estimate of drug-likeness (QED) is 0.311. The number of epoxide rings is 1. The van der Waals surface area contributed by atoms with Gasteiger partial charge in [0.2, 0.25) is 0 Å². The Kier molecular flexibility index (Phi) is 9.48. The minimum Gasteiger partial charge on any atom is -0.455 e. The van der Waals surface area contributed by atoms with Crippen molar-refractivity contribution in [3.8, 4) is 0 Å². The van der Waals surface area contributed by atoms with Crippen molar-refractivity contribution < 1.29 is 23.5 Å². The van der Waals surface area contributed by atoms with E-state index in [1.807, 2.05) is 13.8 Å². The summed E-state index contributed by atoms with van der Waals surface area (Å²) in [5.74, 6) is -0.399. The maximum Gasteiger partial charge on any atom is 0.306 e. The van der Waals surface area contributed by atoms with Gasteiger partial charge < -0.3 is 9.47 Å². The van der Waals surface area contributed by atoms with Gasteiger partial charge in [-0.25, -0.2) is 4.39 Å². The van der Waals surface area contributed by atoms with E-state index in [0.29, 0.717) is 24.5 Å². The van der Waals surface area contributed by atoms with E-state index in [1.165, 1.54) is 6.08 Å². The predicted octanol–water partition coefficient (Wildman–Crippen LogP) is 7.39. The summed E-state index contributed by atoms with van der Waals surface area (Å²) in [5, 5.41) is 0. The topological polar surface area (TPSA) is 68.8 Å². The van der Waals surface area contributed by atoms with Gasteiger partial charge in [0.05, 0.1) is 11.3 Å². The Labute approximate surface area is 216 Å². The first-order chi connectivity index (χ1) is 17.0. The maximum absolute atomic E-state index is 15.6. The van der Waals surface area contributed by atoms with Crippen molar-refractivity contribution in [1.29, 1.82) is 0 Å². The van der Waals surface area contributed by atoms with E-state index in [9.17, 15) is 9.59 Å². The Hall–Kier alpha value is -2.08. The van der Waals surface area contributed by atoms with E-state index < -0.39 is 28.9 Å². The van der Waals surface area contributed by atoms with Gasteiger partial charge in [-0.1, -0.05) is 59.4 Å². The van der Waals surface area contributed by atoms with Gasteiger partial charge >= 0.3 is 5.97 Å². The number of carbonyl (C=O) groups is 2. The molecule has 36 heavy (non-hydrogen) atoms. The van der Waals surface area contributed by atoms with E-state index in [2.05, 4.69) is 25.8 Å². The van der Waals surface area contributed by atoms with Crippen LogP contribution in [0, 0.1) is 11.3 Å². The Balaban J connectivity index is 1.89. The number of carbonyl (C=O) groups excluding carboxylic acids is 2. The highest BCUT2D eigenvalue weighted by molar-refractivity contribution is 5.84. The molecule has 2 aliphatic rings. The molecule has 2 fully saturated rings. The van der Waals surface area contributed by atoms with Crippen LogP contribution >= 0.6 is 0 Å². The minimum absolute atomic E-state index is 0.0712. The number of aromatic nitrogens is 1. The number of halogens is 1. The zero-order valence-corrected chi connectivity index (χ0v) is 22.8. The molecule has 1 aromatic rings. The summed E-state index contributed by atoms with van der Waals surface area (Å²) in [5.41, 5.74) is -1.03. The number of pyridine rings is 1. The summed E-state index contributed by atoms with van der Waals surface area (Å²) >= 11 is 0. The number of hydrogen-bond acceptors (Lipinski definition) is 5. The van der Waals surface area contributed by atoms with Gasteiger partial charge in [0, 0.05) is 30.9 Å². The van der Waals surface area contributed by atoms with Gasteiger partial charge in [0.25, 0.3) is 0 Å². The van der Waals surface area contributed by atoms with E-state index in [1.54, 1.807) is 24.4 Å². The molecule has 6 heteroatoms. The number of cyclic esters (lactones) is 1. The summed E-state index contributed by atoms with van der Waals surface area (Å²) in [4.78, 5) is 30.0. The molecular weight excluding hydrogens is 457 g/mol. The normalized spacial score (nSPS) is 32.4. The van der Waals surface area contributed by atoms with E-state index in [0.717, 1.165) is 44.9 Å². The molecule has 0 spiro atoms. The fraction of sp³-hybridized carbons (Fsp3) is 0.700. The maximum atomic E-state index is 15.6. The van der Waals surface area contributed by atoms with Crippen LogP contribution in [0.5, 0.6) is 0 Å². The molecule has 0 bridgehead atoms. The third-order valence-corrected chi connectivity index (χ3v) is 8.27. The molecule has 4 atom stereocenters. The van der Waals surface area contributed by atoms with Crippen molar-refractivity contribution in [3.63, 3.8) is 0 Å². The first-order valence-corrected chi connectivity index (χ1v) is 13.7. The summed E-state index contributed by atoms with van der Waals surface area (Å²) in [7, 11) is 0. The Morgan fingerprint density at radius 1 is 1.17 bits per heavy atom. The van der Waals surface area contributed by atoms with Crippen molar-refractivity contribution in [2.75, 3.05) is 0 Å². The third-order valence-electron chi connectivity index (χ3n) is 8.27. The molecular formula is C30H44FNO4. The van der Waals surface area contributed by atoms with Crippen LogP contribution in [0.3, 0.4) is 0 Å². The minimum atomic E-state index is -1.05. The molecule has 2 saturated heterocycles. The van der Waals surface area contributed by atoms with Gasteiger partial charge in [-0.2, -0.15) is 0 Å². The molecule has 5 nitrogen and oxygen atoms in total. The third kappa shape index (κ3) is 7.24. The van der Waals surface area contributed by atoms with Crippen LogP contribution < -0.4 is 0 Å². The molecule has 2 aliphatic heterocycles. The second-order valence-corrected chi connectivity index (χ2v) is 11.7. The molecule has 0 radical (unpaired) electrons. The number of rotatable bonds is 5. The lowest BCUT2D eigenvalue weighted by Gasteiger charge is -2.26. The van der Waals surface area contributed by atoms with Crippen molar-refractivity contribution in [2.24, 2.45) is 11.3 Å². The largest absolute Gasteiger partial charge is 0.455 e. The summed E-state index contributed by atoms with van der Waals surface area (Å²) < 4.78 is 27.8. The second kappa shape index (κ2) is 12.0. The van der Waals surface area contributed by atoms with Crippen molar-refractivity contribution in [2.45, 2.75) is 123 Å². The Morgan fingerprint density at radius 2 is 1.94 bits per heavy atom. The summed E-state index contributed by atoms with van der Waals surface area (Å²) in [6.45, 7) is 10.2. The highest BCUT2D eigenvalue weighted by atomic mass is 19.1. The number of hydrogen-bond donors (Lipinski definition) is 0. The van der Waals surface area contributed by atoms with Crippen LogP contribution in [0.4, 0.5) is 4.39 Å². The lowest BCUT2D eigenvalue weighted by atomic mass is 9.79. The predicted molar refractivity (Wildman–Crippen MR) is 140 cm³/mol. The number of ketones is 1. The number of unbranched alkanes of at least 4 members (excludes halogenated alkanes) is 1. The SMILES string of the molecule is CCCCC12CC(C(F)=Cc3ccccn3)OC(=O)CCC(C)(C)C(=O)CCC(C)CCCC1(C)O2. The first kappa shape index (κ1) is 28.5. The first-order valence-electron chi connectivity index (χ1n) is 13.7. The molecule has 3 rings (SSSR count). The van der Waals surface area contributed by atoms with Gasteiger partial charge in [0.15, 0.2) is 6.10 Å². The lowest BCUT2D eigenvalue weighted by Crippen LogP contribution is -2.32. The molecule has 3 heterocycles. The average Bonchev–Trinajstić information content (AvgIpc) is 3.42. The van der Waals surface area contributed by atoms with Gasteiger partial charge in [-0.15, -0.1) is 0 Å². The standard InChI is InChI=1S/C30H44FNO4/c1-6-7-17-30-21-25(24(31)20-23-12-8-9-19-32-23)35-27(34)15-18-28(3,4)26(33)14-13-22(2)11-10-16-29(30,5)36-30/h8-9,12,19-20,22,25H,6-7,10-11,13-18,21H2,1-5H3. The molecule has 0 aromatic carbocycles. The highest BCUT2D eigenvalue weighted by Gasteiger charge is 2.66. The zero-order valence-electron chi connectivity index (χ0n) is 22.8. The van der Waals surface area contributed by atoms with Crippen LogP contribution in [-0.2, 0) is 19.1 Å². The number of fused-ring (bicyclic) bond motifs is 1. The lowest BCUT2D eigenvalue weighted by molar-refractivity contribution is -0.149. The monoisotopic (exact) mass is 501 g/mol. The van der Waals surface area contributed by atoms with Crippen LogP contribution in [0.15, 0.2) is 30.2 Å². The fourth-order valence-corrected chi connectivity index (χ4v) is 5.43. The number of esters is 1. The Bertz CT molecular complexity index is 930. The molecule has 0 saturated carbocycles. The Morgan fingerprint density at radius 3 is 2.64 bits per heavy atom. The van der Waals surface area contributed by atoms with E-state index in [4.69, 9.17) is 9.47 Å². The number of ether oxygens (including phenoxy) is 2. The van der Waals surface area contributed by atoms with E-state index in [-0.39, 0.29) is 24.2 Å². The second-order valence-electron chi connectivity index (χ2n) is 11.7. The van der Waals surface area contributed by atoms with Crippen molar-refractivity contribution in [3.05, 3.63) is 35.9 Å². The number of nitrogens with zero attached hydrogens (tertiary/aromatic N) is 1. The zero-order chi connectivity index (χ0) is 26.4. The highest BCUT2D eigenvalue weighted by Crippen LogP contribution is 2.57. The molecule has 200 valence electrons. The van der Waals surface area contributed by atoms with Crippen molar-refractivity contribution in [1.82, 2.24) is 4.98 Å². The average molecular weight is 502 g/mol. The molecule has 0 amide bonds. The van der Waals surface area contributed by atoms with Crippen LogP contribution in [0.25, 0.3) is 6.08 Å². The van der Waals surface area contributed by atoms with Gasteiger partial charge in [0.1, 0.15) is 17.2 Å². The molecule has 4 unspecified atom stereocenters. The fourth-order valence-electron chi connectivity index (χ4n) is 5.43. The number of Topliss-reactive ketones (excluding diaryl/α,β-unsaturated/α-hetero) is 1. The van der Waals surface area contributed by atoms with Crippen LogP contribution in [0.2, 0.25) is 0 Å². The van der Waals surface area contributed by atoms with Crippen molar-refractivity contribution >= 4 is 17.8 Å². The van der Waals surface area contributed by atoms with Crippen LogP contribution in [0.1, 0.15) is 111 Å². The van der Waals surface area contributed by atoms with Gasteiger partial charge in [-0.05, 0) is 56.7 Å². The summed E-state index contributed by atoms with van der Waals surface area (Å²) in [6, 6.07) is 5.28. The molecule has 0 N–H and O–H groups in total. The smallest absolute Gasteiger partial charge is 0.306 e. The molecule has 1 aromatic heterocycles.